The molecule has 6 heteroatoms. The predicted molar refractivity (Wildman–Crippen MR) is 140 cm³/mol. The van der Waals surface area contributed by atoms with Gasteiger partial charge in [-0.15, -0.1) is 0 Å². The lowest BCUT2D eigenvalue weighted by Gasteiger charge is -1.97. The summed E-state index contributed by atoms with van der Waals surface area (Å²) in [5.74, 6) is 0.156. The van der Waals surface area contributed by atoms with Crippen molar-refractivity contribution in [3.05, 3.63) is 109 Å². The molecule has 174 valence electrons. The van der Waals surface area contributed by atoms with Crippen molar-refractivity contribution in [1.29, 1.82) is 0 Å². The maximum Gasteiger partial charge on any atom is 0.227 e. The van der Waals surface area contributed by atoms with Gasteiger partial charge in [-0.25, -0.2) is 0 Å². The zero-order valence-corrected chi connectivity index (χ0v) is 19.5. The Hall–Kier alpha value is -4.71. The molecule has 0 spiro atoms. The van der Waals surface area contributed by atoms with Crippen molar-refractivity contribution in [1.82, 2.24) is 14.5 Å². The number of Topliss-reactive ketones (excluding diaryl/α,β-unsaturated/α-hetero) is 1. The molecule has 0 amide bonds. The maximum atomic E-state index is 11.1. The molecule has 6 aromatic rings. The largest absolute Gasteiger partial charge is 0.360 e. The minimum absolute atomic E-state index is 0.0520. The summed E-state index contributed by atoms with van der Waals surface area (Å²) in [5.41, 5.74) is 4.49. The van der Waals surface area contributed by atoms with E-state index in [9.17, 15) is 14.4 Å². The average Bonchev–Trinajstić information content (AvgIpc) is 3.61. The quantitative estimate of drug-likeness (QED) is 0.222. The smallest absolute Gasteiger partial charge is 0.227 e. The minimum Gasteiger partial charge on any atom is -0.360 e. The van der Waals surface area contributed by atoms with Gasteiger partial charge in [0.15, 0.2) is 12.1 Å². The summed E-state index contributed by atoms with van der Waals surface area (Å²) in [6, 6.07) is 25.3. The number of carbonyl (C=O) groups excluding carboxylic acids is 3. The van der Waals surface area contributed by atoms with Crippen LogP contribution in [0.1, 0.15) is 39.4 Å². The number of fused-ring (bicyclic) bond motifs is 3. The monoisotopic (exact) mass is 463 g/mol. The van der Waals surface area contributed by atoms with E-state index in [1.165, 1.54) is 0 Å². The Bertz CT molecular complexity index is 1550. The lowest BCUT2D eigenvalue weighted by atomic mass is 10.1. The molecule has 0 unspecified atom stereocenters. The van der Waals surface area contributed by atoms with Crippen LogP contribution in [0.2, 0.25) is 0 Å². The third-order valence-corrected chi connectivity index (χ3v) is 5.66. The summed E-state index contributed by atoms with van der Waals surface area (Å²) in [5, 5.41) is 3.10. The number of aromatic nitrogens is 3. The second-order valence-electron chi connectivity index (χ2n) is 7.98. The molecule has 0 bridgehead atoms. The molecule has 3 aromatic carbocycles. The minimum atomic E-state index is 0.0520. The van der Waals surface area contributed by atoms with Crippen LogP contribution in [0.25, 0.3) is 32.7 Å². The number of nitrogens with one attached hydrogen (secondary N) is 2. The van der Waals surface area contributed by atoms with E-state index in [0.29, 0.717) is 0 Å². The van der Waals surface area contributed by atoms with Crippen LogP contribution in [-0.2, 0) is 0 Å². The molecule has 3 heterocycles. The highest BCUT2D eigenvalue weighted by Gasteiger charge is 2.05. The molecule has 35 heavy (non-hydrogen) atoms. The number of hydrogen-bond acceptors (Lipinski definition) is 3. The van der Waals surface area contributed by atoms with Gasteiger partial charge in [0.05, 0.1) is 5.52 Å². The summed E-state index contributed by atoms with van der Waals surface area (Å²) in [6.45, 7) is 3.14. The van der Waals surface area contributed by atoms with Crippen LogP contribution in [0.4, 0.5) is 0 Å². The van der Waals surface area contributed by atoms with E-state index in [1.807, 2.05) is 78.9 Å². The maximum absolute atomic E-state index is 11.1. The van der Waals surface area contributed by atoms with Crippen molar-refractivity contribution in [2.75, 3.05) is 0 Å². The van der Waals surface area contributed by atoms with Crippen molar-refractivity contribution >= 4 is 50.7 Å². The Labute approximate surface area is 202 Å². The molecule has 0 saturated carbocycles. The van der Waals surface area contributed by atoms with E-state index in [-0.39, 0.29) is 11.7 Å². The first-order chi connectivity index (χ1) is 17.0. The van der Waals surface area contributed by atoms with Crippen molar-refractivity contribution in [2.45, 2.75) is 13.8 Å². The topological polar surface area (TPSA) is 87.7 Å². The van der Waals surface area contributed by atoms with Crippen LogP contribution < -0.4 is 0 Å². The van der Waals surface area contributed by atoms with Crippen molar-refractivity contribution in [3.8, 4) is 0 Å². The second kappa shape index (κ2) is 10.5. The summed E-state index contributed by atoms with van der Waals surface area (Å²) < 4.78 is 1.65. The summed E-state index contributed by atoms with van der Waals surface area (Å²) in [7, 11) is 0. The van der Waals surface area contributed by atoms with Crippen LogP contribution in [0, 0.1) is 0 Å². The van der Waals surface area contributed by atoms with Gasteiger partial charge in [-0.2, -0.15) is 0 Å². The van der Waals surface area contributed by atoms with Crippen LogP contribution in [0.3, 0.4) is 0 Å². The zero-order valence-electron chi connectivity index (χ0n) is 19.5. The van der Waals surface area contributed by atoms with Crippen LogP contribution >= 0.6 is 0 Å². The van der Waals surface area contributed by atoms with Crippen LogP contribution in [0.5, 0.6) is 0 Å². The van der Waals surface area contributed by atoms with Gasteiger partial charge in [-0.1, -0.05) is 54.6 Å². The van der Waals surface area contributed by atoms with Gasteiger partial charge in [0.2, 0.25) is 5.91 Å². The molecule has 0 fully saturated rings. The third kappa shape index (κ3) is 5.12. The molecule has 0 radical (unpaired) electrons. The molecule has 0 aliphatic rings. The van der Waals surface area contributed by atoms with E-state index in [2.05, 4.69) is 9.97 Å². The first-order valence-corrected chi connectivity index (χ1v) is 11.1. The Morgan fingerprint density at radius 1 is 0.743 bits per heavy atom. The van der Waals surface area contributed by atoms with E-state index in [0.717, 1.165) is 50.1 Å². The van der Waals surface area contributed by atoms with E-state index in [1.54, 1.807) is 37.0 Å². The number of nitrogens with zero attached hydrogens (tertiary/aromatic N) is 1. The van der Waals surface area contributed by atoms with Gasteiger partial charge in [0.1, 0.15) is 0 Å². The molecule has 6 nitrogen and oxygen atoms in total. The highest BCUT2D eigenvalue weighted by molar-refractivity contribution is 6.06. The zero-order chi connectivity index (χ0) is 24.8. The standard InChI is InChI=1S/2C10H9NO.C9H7NO/c1-8(12)11-7-6-9-4-2-3-5-10(9)11;1-7(12)9-6-11-10-5-3-2-4-8(9)10;11-6-7-5-10-9-4-2-1-3-8(7)9/h2-7H,1H3;2-6,11H,1H3;1-6,10H. The fourth-order valence-electron chi connectivity index (χ4n) is 3.91. The number of carbonyl (C=O) groups is 3. The van der Waals surface area contributed by atoms with Crippen LogP contribution in [0.15, 0.2) is 97.5 Å². The number of benzene rings is 3. The van der Waals surface area contributed by atoms with E-state index < -0.39 is 0 Å². The molecule has 0 aliphatic carbocycles. The molecular formula is C29H25N3O3. The lowest BCUT2D eigenvalue weighted by Crippen LogP contribution is -2.02. The number of para-hydroxylation sites is 3. The van der Waals surface area contributed by atoms with Crippen molar-refractivity contribution < 1.29 is 14.4 Å². The number of hydrogen-bond donors (Lipinski definition) is 2. The van der Waals surface area contributed by atoms with E-state index in [4.69, 9.17) is 0 Å². The van der Waals surface area contributed by atoms with Crippen molar-refractivity contribution in [3.63, 3.8) is 0 Å². The van der Waals surface area contributed by atoms with Gasteiger partial charge < -0.3 is 9.97 Å². The third-order valence-electron chi connectivity index (χ3n) is 5.66. The summed E-state index contributed by atoms with van der Waals surface area (Å²) >= 11 is 0. The average molecular weight is 464 g/mol. The Morgan fingerprint density at radius 3 is 2.03 bits per heavy atom. The normalized spacial score (nSPS) is 10.3. The van der Waals surface area contributed by atoms with Gasteiger partial charge in [-0.3, -0.25) is 19.0 Å². The SMILES string of the molecule is CC(=O)c1c[nH]c2ccccc12.CC(=O)n1ccc2ccccc21.O=Cc1c[nH]c2ccccc12. The van der Waals surface area contributed by atoms with Gasteiger partial charge >= 0.3 is 0 Å². The van der Waals surface area contributed by atoms with Gasteiger partial charge in [0.25, 0.3) is 0 Å². The Kier molecular flexibility index (Phi) is 7.02. The highest BCUT2D eigenvalue weighted by Crippen LogP contribution is 2.18. The van der Waals surface area contributed by atoms with Gasteiger partial charge in [-0.05, 0) is 31.2 Å². The lowest BCUT2D eigenvalue weighted by molar-refractivity contribution is 0.0940. The number of rotatable bonds is 2. The predicted octanol–water partition coefficient (Wildman–Crippen LogP) is 6.65. The van der Waals surface area contributed by atoms with Gasteiger partial charge in [0, 0.05) is 63.8 Å². The molecule has 0 saturated heterocycles. The number of ketones is 1. The molecule has 2 N–H and O–H groups in total. The first-order valence-electron chi connectivity index (χ1n) is 11.1. The van der Waals surface area contributed by atoms with Crippen molar-refractivity contribution in [2.24, 2.45) is 0 Å². The Balaban J connectivity index is 0.000000124. The molecule has 0 atom stereocenters. The molecule has 3 aromatic heterocycles. The fraction of sp³-hybridized carbons (Fsp3) is 0.0690. The van der Waals surface area contributed by atoms with Crippen LogP contribution in [-0.4, -0.2) is 32.5 Å². The molecule has 6 rings (SSSR count). The summed E-state index contributed by atoms with van der Waals surface area (Å²) in [4.78, 5) is 38.7. The second-order valence-corrected chi connectivity index (χ2v) is 7.98. The Morgan fingerprint density at radius 2 is 1.34 bits per heavy atom. The molecule has 0 aliphatic heterocycles. The van der Waals surface area contributed by atoms with E-state index >= 15 is 0 Å². The number of H-pyrrole nitrogens is 2. The fourth-order valence-corrected chi connectivity index (χ4v) is 3.91. The number of aromatic amines is 2. The summed E-state index contributed by atoms with van der Waals surface area (Å²) in [6.07, 6.45) is 6.14. The first kappa shape index (κ1) is 23.4. The number of aldehydes is 1. The molecular weight excluding hydrogens is 438 g/mol. The highest BCUT2D eigenvalue weighted by atomic mass is 16.1.